The van der Waals surface area contributed by atoms with E-state index in [1.54, 1.807) is 60.7 Å². The highest BCUT2D eigenvalue weighted by Gasteiger charge is 2.59. The molecule has 0 spiro atoms. The second-order valence-electron chi connectivity index (χ2n) is 5.79. The highest BCUT2D eigenvalue weighted by Crippen LogP contribution is 2.39. The van der Waals surface area contributed by atoms with Crippen LogP contribution in [0.1, 0.15) is 11.1 Å². The van der Waals surface area contributed by atoms with Crippen LogP contribution in [0.5, 0.6) is 0 Å². The highest BCUT2D eigenvalue weighted by atomic mass is 16.5. The summed E-state index contributed by atoms with van der Waals surface area (Å²) in [7, 11) is 1.34. The van der Waals surface area contributed by atoms with Gasteiger partial charge < -0.3 is 9.84 Å². The molecule has 7 heteroatoms. The number of aliphatic hydroxyl groups excluding tert-OH is 1. The average Bonchev–Trinajstić information content (AvgIpc) is 2.68. The maximum Gasteiger partial charge on any atom is 0.337 e. The van der Waals surface area contributed by atoms with E-state index in [9.17, 15) is 19.5 Å². The number of hydrogen-bond donors (Lipinski definition) is 1. The van der Waals surface area contributed by atoms with Gasteiger partial charge in [-0.05, 0) is 11.1 Å². The topological polar surface area (TPSA) is 87.2 Å². The summed E-state index contributed by atoms with van der Waals surface area (Å²) in [6, 6.07) is 16.1. The third-order valence-electron chi connectivity index (χ3n) is 4.41. The largest absolute Gasteiger partial charge is 0.376 e. The molecule has 0 atom stereocenters. The fourth-order valence-electron chi connectivity index (χ4n) is 3.22. The molecule has 1 aliphatic rings. The molecule has 26 heavy (non-hydrogen) atoms. The lowest BCUT2D eigenvalue weighted by Gasteiger charge is -2.43. The maximum absolute atomic E-state index is 13.4. The smallest absolute Gasteiger partial charge is 0.337 e. The van der Waals surface area contributed by atoms with E-state index >= 15 is 0 Å². The minimum absolute atomic E-state index is 0.330. The van der Waals surface area contributed by atoms with Gasteiger partial charge in [-0.2, -0.15) is 0 Å². The molecule has 3 rings (SSSR count). The van der Waals surface area contributed by atoms with Gasteiger partial charge in [0.2, 0.25) is 0 Å². The van der Waals surface area contributed by atoms with E-state index in [1.165, 1.54) is 7.11 Å². The molecular formula is C19H18N2O5. The summed E-state index contributed by atoms with van der Waals surface area (Å²) < 4.78 is 4.98. The number of rotatable bonds is 5. The zero-order valence-corrected chi connectivity index (χ0v) is 14.2. The zero-order valence-electron chi connectivity index (χ0n) is 14.2. The fourth-order valence-corrected chi connectivity index (χ4v) is 3.22. The Hall–Kier alpha value is -3.03. The van der Waals surface area contributed by atoms with E-state index in [-0.39, 0.29) is 6.73 Å². The summed E-state index contributed by atoms with van der Waals surface area (Å²) in [5, 5.41) is 9.64. The second kappa shape index (κ2) is 7.07. The third kappa shape index (κ3) is 2.49. The predicted molar refractivity (Wildman–Crippen MR) is 91.7 cm³/mol. The quantitative estimate of drug-likeness (QED) is 0.818. The number of carbonyl (C=O) groups is 3. The van der Waals surface area contributed by atoms with Crippen molar-refractivity contribution < 1.29 is 24.2 Å². The molecule has 1 N–H and O–H groups in total. The molecule has 134 valence electrons. The first-order valence-corrected chi connectivity index (χ1v) is 7.97. The Labute approximate surface area is 150 Å². The van der Waals surface area contributed by atoms with Gasteiger partial charge >= 0.3 is 6.03 Å². The van der Waals surface area contributed by atoms with Crippen molar-refractivity contribution in [2.24, 2.45) is 0 Å². The van der Waals surface area contributed by atoms with E-state index in [2.05, 4.69) is 0 Å². The van der Waals surface area contributed by atoms with Gasteiger partial charge in [-0.15, -0.1) is 0 Å². The Balaban J connectivity index is 2.32. The number of carbonyl (C=O) groups excluding carboxylic acids is 3. The van der Waals surface area contributed by atoms with Gasteiger partial charge in [0, 0.05) is 7.11 Å². The van der Waals surface area contributed by atoms with Crippen molar-refractivity contribution in [3.8, 4) is 0 Å². The van der Waals surface area contributed by atoms with E-state index < -0.39 is 30.0 Å². The molecule has 4 amide bonds. The number of benzene rings is 2. The molecule has 0 bridgehead atoms. The SMILES string of the molecule is COCN1C(=O)N(CO)C(=O)C(c2ccccc2)(c2ccccc2)C1=O. The predicted octanol–water partition coefficient (Wildman–Crippen LogP) is 1.32. The van der Waals surface area contributed by atoms with Crippen molar-refractivity contribution in [2.75, 3.05) is 20.6 Å². The van der Waals surface area contributed by atoms with Crippen molar-refractivity contribution in [2.45, 2.75) is 5.41 Å². The summed E-state index contributed by atoms with van der Waals surface area (Å²) in [4.78, 5) is 40.7. The van der Waals surface area contributed by atoms with Crippen molar-refractivity contribution >= 4 is 17.8 Å². The van der Waals surface area contributed by atoms with Crippen LogP contribution >= 0.6 is 0 Å². The lowest BCUT2D eigenvalue weighted by molar-refractivity contribution is -0.155. The number of ether oxygens (including phenoxy) is 1. The van der Waals surface area contributed by atoms with E-state index in [1.807, 2.05) is 0 Å². The monoisotopic (exact) mass is 354 g/mol. The molecule has 0 saturated carbocycles. The first-order chi connectivity index (χ1) is 12.6. The van der Waals surface area contributed by atoms with Crippen LogP contribution in [0.2, 0.25) is 0 Å². The van der Waals surface area contributed by atoms with Gasteiger partial charge in [-0.25, -0.2) is 14.6 Å². The number of urea groups is 1. The normalized spacial score (nSPS) is 16.9. The van der Waals surface area contributed by atoms with E-state index in [0.717, 1.165) is 4.90 Å². The van der Waals surface area contributed by atoms with Crippen molar-refractivity contribution in [3.63, 3.8) is 0 Å². The molecule has 2 aromatic rings. The molecule has 7 nitrogen and oxygen atoms in total. The molecule has 1 fully saturated rings. The van der Waals surface area contributed by atoms with Crippen LogP contribution in [0.25, 0.3) is 0 Å². The highest BCUT2D eigenvalue weighted by molar-refractivity contribution is 6.24. The van der Waals surface area contributed by atoms with Gasteiger partial charge in [-0.1, -0.05) is 60.7 Å². The second-order valence-corrected chi connectivity index (χ2v) is 5.79. The third-order valence-corrected chi connectivity index (χ3v) is 4.41. The summed E-state index contributed by atoms with van der Waals surface area (Å²) >= 11 is 0. The Morgan fingerprint density at radius 3 is 1.73 bits per heavy atom. The van der Waals surface area contributed by atoms with Crippen LogP contribution in [0.3, 0.4) is 0 Å². The van der Waals surface area contributed by atoms with Gasteiger partial charge in [0.05, 0.1) is 0 Å². The molecule has 0 radical (unpaired) electrons. The maximum atomic E-state index is 13.4. The number of barbiturate groups is 1. The van der Waals surface area contributed by atoms with Crippen LogP contribution in [-0.2, 0) is 19.7 Å². The molecular weight excluding hydrogens is 336 g/mol. The van der Waals surface area contributed by atoms with Crippen molar-refractivity contribution in [1.82, 2.24) is 9.80 Å². The Bertz CT molecular complexity index is 783. The molecule has 0 aromatic heterocycles. The van der Waals surface area contributed by atoms with Crippen LogP contribution in [-0.4, -0.2) is 53.3 Å². The Morgan fingerprint density at radius 1 is 0.846 bits per heavy atom. The number of amides is 4. The number of nitrogens with zero attached hydrogens (tertiary/aromatic N) is 2. The molecule has 1 aliphatic heterocycles. The van der Waals surface area contributed by atoms with Crippen LogP contribution in [0, 0.1) is 0 Å². The Morgan fingerprint density at radius 2 is 1.31 bits per heavy atom. The number of methoxy groups -OCH3 is 1. The van der Waals surface area contributed by atoms with Gasteiger partial charge in [0.1, 0.15) is 13.5 Å². The minimum atomic E-state index is -1.78. The van der Waals surface area contributed by atoms with Gasteiger partial charge in [0.15, 0.2) is 5.41 Å². The van der Waals surface area contributed by atoms with Crippen molar-refractivity contribution in [1.29, 1.82) is 0 Å². The van der Waals surface area contributed by atoms with Crippen LogP contribution in [0.4, 0.5) is 4.79 Å². The van der Waals surface area contributed by atoms with Crippen LogP contribution in [0.15, 0.2) is 60.7 Å². The first-order valence-electron chi connectivity index (χ1n) is 7.97. The minimum Gasteiger partial charge on any atom is -0.376 e. The number of hydrogen-bond acceptors (Lipinski definition) is 5. The molecule has 1 heterocycles. The summed E-state index contributed by atoms with van der Waals surface area (Å²) in [6.07, 6.45) is 0. The van der Waals surface area contributed by atoms with Crippen molar-refractivity contribution in [3.05, 3.63) is 71.8 Å². The molecule has 0 unspecified atom stereocenters. The summed E-state index contributed by atoms with van der Waals surface area (Å²) in [6.45, 7) is -1.17. The fraction of sp³-hybridized carbons (Fsp3) is 0.211. The molecule has 1 saturated heterocycles. The molecule has 0 aliphatic carbocycles. The Kier molecular flexibility index (Phi) is 4.83. The van der Waals surface area contributed by atoms with Gasteiger partial charge in [0.25, 0.3) is 11.8 Å². The molecule has 2 aromatic carbocycles. The summed E-state index contributed by atoms with van der Waals surface area (Å²) in [5.74, 6) is -1.50. The zero-order chi connectivity index (χ0) is 18.7. The summed E-state index contributed by atoms with van der Waals surface area (Å²) in [5.41, 5.74) is -0.959. The van der Waals surface area contributed by atoms with Gasteiger partial charge in [-0.3, -0.25) is 9.59 Å². The van der Waals surface area contributed by atoms with Crippen LogP contribution < -0.4 is 0 Å². The average molecular weight is 354 g/mol. The first kappa shape index (κ1) is 17.8. The lowest BCUT2D eigenvalue weighted by Crippen LogP contribution is -2.67. The lowest BCUT2D eigenvalue weighted by atomic mass is 9.71. The standard InChI is InChI=1S/C19H18N2O5/c1-26-13-21-17(24)19(14-8-4-2-5-9-14,15-10-6-3-7-11-15)16(23)20(12-22)18(21)25/h2-11,22H,12-13H2,1H3. The number of aliphatic hydroxyl groups is 1. The van der Waals surface area contributed by atoms with E-state index in [4.69, 9.17) is 4.74 Å². The van der Waals surface area contributed by atoms with E-state index in [0.29, 0.717) is 16.0 Å². The number of imide groups is 2.